The number of nitrogens with zero attached hydrogens (tertiary/aromatic N) is 1. The third-order valence-corrected chi connectivity index (χ3v) is 6.03. The number of hydrogen-bond donors (Lipinski definition) is 1. The number of rotatable bonds is 7. The Balaban J connectivity index is 1.97. The molecule has 0 saturated carbocycles. The van der Waals surface area contributed by atoms with Crippen molar-refractivity contribution < 1.29 is 31.5 Å². The lowest BCUT2D eigenvalue weighted by Gasteiger charge is -2.25. The van der Waals surface area contributed by atoms with Crippen molar-refractivity contribution >= 4 is 39.0 Å². The maximum atomic E-state index is 12.9. The van der Waals surface area contributed by atoms with Crippen LogP contribution in [0.4, 0.5) is 24.5 Å². The molecule has 1 N–H and O–H groups in total. The van der Waals surface area contributed by atoms with E-state index in [1.54, 1.807) is 24.3 Å². The number of carbonyl (C=O) groups excluding carboxylic acids is 1. The minimum absolute atomic E-state index is 0.00866. The van der Waals surface area contributed by atoms with Crippen molar-refractivity contribution in [3.8, 4) is 0 Å². The van der Waals surface area contributed by atoms with Crippen LogP contribution in [0.5, 0.6) is 0 Å². The van der Waals surface area contributed by atoms with Gasteiger partial charge >= 0.3 is 6.18 Å². The maximum Gasteiger partial charge on any atom is 0.416 e. The van der Waals surface area contributed by atoms with Gasteiger partial charge in [-0.1, -0.05) is 60.1 Å². The minimum Gasteiger partial charge on any atom is -0.573 e. The first kappa shape index (κ1) is 23.4. The van der Waals surface area contributed by atoms with Crippen molar-refractivity contribution in [3.05, 3.63) is 93.2 Å². The molecule has 168 valence electrons. The van der Waals surface area contributed by atoms with Gasteiger partial charge in [-0.25, -0.2) is 8.42 Å². The summed E-state index contributed by atoms with van der Waals surface area (Å²) in [7, 11) is -4.61. The van der Waals surface area contributed by atoms with Gasteiger partial charge in [0.05, 0.1) is 22.1 Å². The number of carbonyl (C=O) groups is 1. The van der Waals surface area contributed by atoms with Crippen LogP contribution >= 0.6 is 11.6 Å². The third kappa shape index (κ3) is 5.51. The monoisotopic (exact) mass is 482 g/mol. The molecule has 0 amide bonds. The largest absolute Gasteiger partial charge is 0.573 e. The Morgan fingerprint density at radius 1 is 1.03 bits per heavy atom. The van der Waals surface area contributed by atoms with Crippen LogP contribution in [-0.2, 0) is 22.7 Å². The molecule has 0 unspecified atom stereocenters. The highest BCUT2D eigenvalue weighted by Gasteiger charge is 2.30. The number of anilines is 1. The highest BCUT2D eigenvalue weighted by Crippen LogP contribution is 2.36. The molecule has 0 bridgehead atoms. The molecule has 0 atom stereocenters. The maximum absolute atomic E-state index is 12.9. The molecule has 0 aromatic heterocycles. The molecule has 32 heavy (non-hydrogen) atoms. The number of halogens is 4. The molecular formula is C21H14ClF3N2O4S-2. The predicted molar refractivity (Wildman–Crippen MR) is 111 cm³/mol. The van der Waals surface area contributed by atoms with Gasteiger partial charge < -0.3 is 19.9 Å². The zero-order chi connectivity index (χ0) is 23.5. The average molecular weight is 483 g/mol. The summed E-state index contributed by atoms with van der Waals surface area (Å²) in [6.07, 6.45) is -4.69. The normalized spacial score (nSPS) is 11.8. The van der Waals surface area contributed by atoms with Crippen LogP contribution in [0.1, 0.15) is 21.5 Å². The van der Waals surface area contributed by atoms with E-state index >= 15 is 0 Å². The molecule has 0 radical (unpaired) electrons. The van der Waals surface area contributed by atoms with Gasteiger partial charge in [0.15, 0.2) is 0 Å². The van der Waals surface area contributed by atoms with E-state index in [0.717, 1.165) is 30.3 Å². The van der Waals surface area contributed by atoms with Crippen LogP contribution in [0.25, 0.3) is 4.72 Å². The summed E-state index contributed by atoms with van der Waals surface area (Å²) in [6, 6.07) is 13.4. The van der Waals surface area contributed by atoms with E-state index in [-0.39, 0.29) is 12.2 Å². The Morgan fingerprint density at radius 2 is 1.75 bits per heavy atom. The minimum atomic E-state index is -4.69. The van der Waals surface area contributed by atoms with E-state index < -0.39 is 43.9 Å². The molecule has 3 rings (SSSR count). The quantitative estimate of drug-likeness (QED) is 0.524. The smallest absolute Gasteiger partial charge is 0.416 e. The first-order chi connectivity index (χ1) is 15.0. The number of benzene rings is 3. The summed E-state index contributed by atoms with van der Waals surface area (Å²) < 4.78 is 68.1. The van der Waals surface area contributed by atoms with E-state index in [2.05, 4.69) is 10.0 Å². The van der Waals surface area contributed by atoms with E-state index in [9.17, 15) is 31.5 Å². The topological polar surface area (TPSA) is 100 Å². The first-order valence-electron chi connectivity index (χ1n) is 8.95. The molecule has 0 saturated heterocycles. The highest BCUT2D eigenvalue weighted by atomic mass is 35.5. The lowest BCUT2D eigenvalue weighted by atomic mass is 10.2. The molecule has 0 aliphatic rings. The SMILES string of the molecule is O=C([O-])c1ccc(NCc2ccccc2Cl)c(S(=O)(=O)[N-]c2cccc(C(F)(F)F)c2)c1. The number of alkyl halides is 3. The molecule has 0 aliphatic heterocycles. The van der Waals surface area contributed by atoms with Crippen LogP contribution in [0.2, 0.25) is 5.02 Å². The van der Waals surface area contributed by atoms with Crippen molar-refractivity contribution in [2.45, 2.75) is 17.6 Å². The van der Waals surface area contributed by atoms with Gasteiger partial charge in [0.2, 0.25) is 0 Å². The van der Waals surface area contributed by atoms with Gasteiger partial charge in [-0.2, -0.15) is 13.2 Å². The van der Waals surface area contributed by atoms with E-state index in [0.29, 0.717) is 16.7 Å². The van der Waals surface area contributed by atoms with Crippen molar-refractivity contribution in [1.82, 2.24) is 0 Å². The number of hydrogen-bond acceptors (Lipinski definition) is 5. The molecule has 11 heteroatoms. The number of aromatic carboxylic acids is 1. The van der Waals surface area contributed by atoms with Crippen LogP contribution in [0, 0.1) is 0 Å². The summed E-state index contributed by atoms with van der Waals surface area (Å²) in [6.45, 7) is 0.0937. The van der Waals surface area contributed by atoms with Gasteiger partial charge in [0, 0.05) is 11.6 Å². The number of carboxylic acid groups (broad SMARTS) is 1. The van der Waals surface area contributed by atoms with Crippen molar-refractivity contribution in [2.75, 3.05) is 5.32 Å². The molecular weight excluding hydrogens is 469 g/mol. The van der Waals surface area contributed by atoms with Crippen LogP contribution in [-0.4, -0.2) is 14.4 Å². The van der Waals surface area contributed by atoms with Gasteiger partial charge in [0.25, 0.3) is 0 Å². The van der Waals surface area contributed by atoms with Crippen molar-refractivity contribution in [3.63, 3.8) is 0 Å². The van der Waals surface area contributed by atoms with E-state index in [4.69, 9.17) is 11.6 Å². The summed E-state index contributed by atoms with van der Waals surface area (Å²) in [5.41, 5.74) is -1.35. The van der Waals surface area contributed by atoms with E-state index in [1.807, 2.05) is 0 Å². The van der Waals surface area contributed by atoms with Crippen LogP contribution < -0.4 is 10.4 Å². The summed E-state index contributed by atoms with van der Waals surface area (Å²) in [4.78, 5) is 10.7. The second kappa shape index (κ2) is 9.09. The fraction of sp³-hybridized carbons (Fsp3) is 0.0952. The van der Waals surface area contributed by atoms with Crippen LogP contribution in [0.3, 0.4) is 0 Å². The fourth-order valence-corrected chi connectivity index (χ4v) is 4.15. The van der Waals surface area contributed by atoms with Gasteiger partial charge in [-0.3, -0.25) is 0 Å². The Kier molecular flexibility index (Phi) is 6.65. The van der Waals surface area contributed by atoms with Gasteiger partial charge in [-0.05, 0) is 29.3 Å². The Morgan fingerprint density at radius 3 is 2.41 bits per heavy atom. The van der Waals surface area contributed by atoms with Crippen molar-refractivity contribution in [1.29, 1.82) is 0 Å². The Labute approximate surface area is 186 Å². The van der Waals surface area contributed by atoms with Gasteiger partial charge in [-0.15, -0.1) is 5.69 Å². The average Bonchev–Trinajstić information content (AvgIpc) is 2.72. The number of carboxylic acids is 1. The third-order valence-electron chi connectivity index (χ3n) is 4.32. The van der Waals surface area contributed by atoms with Gasteiger partial charge in [0.1, 0.15) is 10.0 Å². The fourth-order valence-electron chi connectivity index (χ4n) is 2.77. The molecule has 0 aliphatic carbocycles. The van der Waals surface area contributed by atoms with Crippen LogP contribution in [0.15, 0.2) is 71.6 Å². The molecule has 3 aromatic carbocycles. The number of sulfonamides is 1. The molecule has 0 heterocycles. The second-order valence-electron chi connectivity index (χ2n) is 6.56. The van der Waals surface area contributed by atoms with Crippen molar-refractivity contribution in [2.24, 2.45) is 0 Å². The summed E-state index contributed by atoms with van der Waals surface area (Å²) >= 11 is 6.09. The first-order valence-corrected chi connectivity index (χ1v) is 10.8. The Hall–Kier alpha value is -3.24. The summed E-state index contributed by atoms with van der Waals surface area (Å²) in [5, 5.41) is 14.5. The highest BCUT2D eigenvalue weighted by molar-refractivity contribution is 7.94. The predicted octanol–water partition coefficient (Wildman–Crippen LogP) is 4.73. The lowest BCUT2D eigenvalue weighted by Crippen LogP contribution is -2.22. The second-order valence-corrected chi connectivity index (χ2v) is 8.54. The Bertz CT molecular complexity index is 1260. The standard InChI is InChI=1S/C21H15ClF3N2O4S/c22-17-7-2-1-4-14(17)12-26-18-9-8-13(20(28)29)10-19(18)32(30,31)27-16-6-3-5-15(11-16)21(23,24)25/h1-11,26H,12H2,(H,28,29)/q-1/p-1. The molecule has 6 nitrogen and oxygen atoms in total. The molecule has 0 spiro atoms. The lowest BCUT2D eigenvalue weighted by molar-refractivity contribution is -0.255. The summed E-state index contributed by atoms with van der Waals surface area (Å²) in [5.74, 6) is -1.63. The number of nitrogens with one attached hydrogen (secondary N) is 1. The zero-order valence-corrected chi connectivity index (χ0v) is 17.6. The molecule has 0 fully saturated rings. The van der Waals surface area contributed by atoms with E-state index in [1.165, 1.54) is 6.07 Å². The zero-order valence-electron chi connectivity index (χ0n) is 16.1. The molecule has 3 aromatic rings.